The quantitative estimate of drug-likeness (QED) is 0.808. The van der Waals surface area contributed by atoms with Gasteiger partial charge in [0.2, 0.25) is 0 Å². The summed E-state index contributed by atoms with van der Waals surface area (Å²) in [7, 11) is 0. The molecule has 0 amide bonds. The Kier molecular flexibility index (Phi) is 3.11. The highest BCUT2D eigenvalue weighted by Gasteiger charge is 2.04. The zero-order valence-corrected chi connectivity index (χ0v) is 9.83. The normalized spacial score (nSPS) is 10.4. The van der Waals surface area contributed by atoms with E-state index >= 15 is 0 Å². The molecule has 82 valence electrons. The van der Waals surface area contributed by atoms with Gasteiger partial charge in [-0.1, -0.05) is 41.4 Å². The first kappa shape index (κ1) is 11.0. The smallest absolute Gasteiger partial charge is 0.152 e. The van der Waals surface area contributed by atoms with E-state index in [1.165, 1.54) is 11.1 Å². The summed E-state index contributed by atoms with van der Waals surface area (Å²) in [6, 6.07) is 10.3. The van der Waals surface area contributed by atoms with Crippen LogP contribution in [0.25, 0.3) is 0 Å². The number of nitrogen functional groups attached to an aromatic ring is 1. The third-order valence-corrected chi connectivity index (χ3v) is 2.81. The molecule has 0 aliphatic carbocycles. The minimum atomic E-state index is 0.380. The number of aryl methyl sites for hydroxylation is 1. The summed E-state index contributed by atoms with van der Waals surface area (Å²) < 4.78 is 0. The van der Waals surface area contributed by atoms with E-state index in [2.05, 4.69) is 30.1 Å². The summed E-state index contributed by atoms with van der Waals surface area (Å²) in [5.74, 6) is 0. The standard InChI is InChI=1S/C13H13ClN2/c1-9-3-2-4-10(7-9)8-11-5-6-16-13(14)12(11)15/h2-7H,8,15H2,1H3. The maximum absolute atomic E-state index is 5.88. The van der Waals surface area contributed by atoms with Crippen LogP contribution in [0, 0.1) is 6.92 Å². The van der Waals surface area contributed by atoms with Crippen molar-refractivity contribution in [2.45, 2.75) is 13.3 Å². The molecule has 0 bridgehead atoms. The lowest BCUT2D eigenvalue weighted by atomic mass is 10.0. The van der Waals surface area contributed by atoms with Gasteiger partial charge in [0, 0.05) is 6.20 Å². The number of anilines is 1. The van der Waals surface area contributed by atoms with Crippen LogP contribution < -0.4 is 5.73 Å². The van der Waals surface area contributed by atoms with Crippen LogP contribution in [0.4, 0.5) is 5.69 Å². The van der Waals surface area contributed by atoms with Crippen molar-refractivity contribution in [3.63, 3.8) is 0 Å². The second-order valence-corrected chi connectivity index (χ2v) is 4.20. The van der Waals surface area contributed by atoms with E-state index in [1.54, 1.807) is 6.20 Å². The van der Waals surface area contributed by atoms with Crippen molar-refractivity contribution < 1.29 is 0 Å². The van der Waals surface area contributed by atoms with Gasteiger partial charge >= 0.3 is 0 Å². The highest BCUT2D eigenvalue weighted by Crippen LogP contribution is 2.22. The van der Waals surface area contributed by atoms with Gasteiger partial charge in [0.05, 0.1) is 5.69 Å². The van der Waals surface area contributed by atoms with Crippen molar-refractivity contribution in [3.05, 3.63) is 58.4 Å². The number of halogens is 1. The molecule has 2 N–H and O–H groups in total. The number of nitrogens with two attached hydrogens (primary N) is 1. The van der Waals surface area contributed by atoms with Crippen LogP contribution in [0.1, 0.15) is 16.7 Å². The van der Waals surface area contributed by atoms with Crippen LogP contribution in [0.5, 0.6) is 0 Å². The van der Waals surface area contributed by atoms with Crippen LogP contribution in [0.3, 0.4) is 0 Å². The number of aromatic nitrogens is 1. The Balaban J connectivity index is 2.31. The zero-order valence-electron chi connectivity index (χ0n) is 9.07. The Morgan fingerprint density at radius 3 is 2.88 bits per heavy atom. The van der Waals surface area contributed by atoms with Crippen LogP contribution in [-0.2, 0) is 6.42 Å². The number of rotatable bonds is 2. The van der Waals surface area contributed by atoms with Crippen molar-refractivity contribution in [2.24, 2.45) is 0 Å². The molecule has 0 atom stereocenters. The molecule has 16 heavy (non-hydrogen) atoms. The zero-order chi connectivity index (χ0) is 11.5. The number of benzene rings is 1. The molecule has 1 heterocycles. The first-order chi connectivity index (χ1) is 7.66. The van der Waals surface area contributed by atoms with Gasteiger partial charge < -0.3 is 5.73 Å². The third-order valence-electron chi connectivity index (χ3n) is 2.51. The Bertz CT molecular complexity index is 509. The monoisotopic (exact) mass is 232 g/mol. The van der Waals surface area contributed by atoms with Crippen LogP contribution in [0.15, 0.2) is 36.5 Å². The summed E-state index contributed by atoms with van der Waals surface area (Å²) >= 11 is 5.88. The molecule has 1 aromatic carbocycles. The molecule has 0 saturated carbocycles. The first-order valence-electron chi connectivity index (χ1n) is 5.11. The SMILES string of the molecule is Cc1cccc(Cc2ccnc(Cl)c2N)c1. The maximum Gasteiger partial charge on any atom is 0.152 e. The highest BCUT2D eigenvalue weighted by atomic mass is 35.5. The minimum Gasteiger partial charge on any atom is -0.396 e. The van der Waals surface area contributed by atoms with Crippen molar-refractivity contribution in [1.82, 2.24) is 4.98 Å². The molecule has 0 saturated heterocycles. The lowest BCUT2D eigenvalue weighted by Crippen LogP contribution is -1.98. The Hall–Kier alpha value is -1.54. The van der Waals surface area contributed by atoms with Crippen molar-refractivity contribution in [3.8, 4) is 0 Å². The molecule has 3 heteroatoms. The molecule has 2 aromatic rings. The van der Waals surface area contributed by atoms with Crippen molar-refractivity contribution >= 4 is 17.3 Å². The first-order valence-corrected chi connectivity index (χ1v) is 5.49. The minimum absolute atomic E-state index is 0.380. The summed E-state index contributed by atoms with van der Waals surface area (Å²) in [4.78, 5) is 3.94. The van der Waals surface area contributed by atoms with Crippen LogP contribution in [0.2, 0.25) is 5.15 Å². The number of nitrogens with zero attached hydrogens (tertiary/aromatic N) is 1. The molecule has 1 aromatic heterocycles. The van der Waals surface area contributed by atoms with Gasteiger partial charge in [-0.15, -0.1) is 0 Å². The predicted molar refractivity (Wildman–Crippen MR) is 67.6 cm³/mol. The summed E-state index contributed by atoms with van der Waals surface area (Å²) in [5.41, 5.74) is 9.94. The van der Waals surface area contributed by atoms with Crippen molar-refractivity contribution in [1.29, 1.82) is 0 Å². The van der Waals surface area contributed by atoms with Crippen LogP contribution in [-0.4, -0.2) is 4.98 Å². The van der Waals surface area contributed by atoms with Gasteiger partial charge in [0.1, 0.15) is 0 Å². The number of pyridine rings is 1. The molecule has 0 radical (unpaired) electrons. The maximum atomic E-state index is 5.88. The second-order valence-electron chi connectivity index (χ2n) is 3.84. The van der Waals surface area contributed by atoms with Gasteiger partial charge in [0.15, 0.2) is 5.15 Å². The van der Waals surface area contributed by atoms with E-state index < -0.39 is 0 Å². The molecule has 0 spiro atoms. The van der Waals surface area contributed by atoms with Gasteiger partial charge in [-0.2, -0.15) is 0 Å². The van der Waals surface area contributed by atoms with Gasteiger partial charge in [-0.05, 0) is 30.5 Å². The topological polar surface area (TPSA) is 38.9 Å². The third kappa shape index (κ3) is 2.34. The molecular formula is C13H13ClN2. The van der Waals surface area contributed by atoms with E-state index in [-0.39, 0.29) is 0 Å². The molecule has 2 rings (SSSR count). The second kappa shape index (κ2) is 4.54. The Morgan fingerprint density at radius 1 is 1.31 bits per heavy atom. The largest absolute Gasteiger partial charge is 0.396 e. The summed E-state index contributed by atoms with van der Waals surface area (Å²) in [6.07, 6.45) is 2.47. The van der Waals surface area contributed by atoms with Gasteiger partial charge in [-0.25, -0.2) is 4.98 Å². The van der Waals surface area contributed by atoms with Gasteiger partial charge in [0.25, 0.3) is 0 Å². The number of hydrogen-bond donors (Lipinski definition) is 1. The van der Waals surface area contributed by atoms with E-state index in [9.17, 15) is 0 Å². The number of hydrogen-bond acceptors (Lipinski definition) is 2. The fourth-order valence-electron chi connectivity index (χ4n) is 1.68. The average Bonchev–Trinajstić information content (AvgIpc) is 2.25. The predicted octanol–water partition coefficient (Wildman–Crippen LogP) is 3.22. The summed E-state index contributed by atoms with van der Waals surface area (Å²) in [5, 5.41) is 0.380. The van der Waals surface area contributed by atoms with Crippen molar-refractivity contribution in [2.75, 3.05) is 5.73 Å². The molecule has 0 aliphatic rings. The Labute approximate surface area is 100 Å². The lowest BCUT2D eigenvalue weighted by molar-refractivity contribution is 1.16. The summed E-state index contributed by atoms with van der Waals surface area (Å²) in [6.45, 7) is 2.08. The molecule has 0 fully saturated rings. The van der Waals surface area contributed by atoms with Gasteiger partial charge in [-0.3, -0.25) is 0 Å². The fraction of sp³-hybridized carbons (Fsp3) is 0.154. The molecular weight excluding hydrogens is 220 g/mol. The fourth-order valence-corrected chi connectivity index (χ4v) is 1.86. The van der Waals surface area contributed by atoms with Crippen LogP contribution >= 0.6 is 11.6 Å². The van der Waals surface area contributed by atoms with E-state index in [0.29, 0.717) is 10.8 Å². The molecule has 0 unspecified atom stereocenters. The van der Waals surface area contributed by atoms with E-state index in [0.717, 1.165) is 12.0 Å². The highest BCUT2D eigenvalue weighted by molar-refractivity contribution is 6.31. The average molecular weight is 233 g/mol. The Morgan fingerprint density at radius 2 is 2.12 bits per heavy atom. The van der Waals surface area contributed by atoms with E-state index in [4.69, 9.17) is 17.3 Å². The molecule has 2 nitrogen and oxygen atoms in total. The molecule has 0 aliphatic heterocycles. The van der Waals surface area contributed by atoms with E-state index in [1.807, 2.05) is 12.1 Å². The lowest BCUT2D eigenvalue weighted by Gasteiger charge is -2.07.